The van der Waals surface area contributed by atoms with Gasteiger partial charge in [0.25, 0.3) is 0 Å². The van der Waals surface area contributed by atoms with Gasteiger partial charge in [-0.25, -0.2) is 0 Å². The van der Waals surface area contributed by atoms with Crippen molar-refractivity contribution < 1.29 is 0 Å². The SMILES string of the molecule is CSCCCC1CC(C)CCC1Br. The van der Waals surface area contributed by atoms with Crippen LogP contribution in [0.15, 0.2) is 0 Å². The molecule has 0 aliphatic heterocycles. The molecular weight excluding hydrogens is 244 g/mol. The van der Waals surface area contributed by atoms with Crippen LogP contribution >= 0.6 is 27.7 Å². The van der Waals surface area contributed by atoms with Gasteiger partial charge in [-0.2, -0.15) is 11.8 Å². The van der Waals surface area contributed by atoms with Crippen LogP contribution in [0, 0.1) is 11.8 Å². The Morgan fingerprint density at radius 3 is 2.85 bits per heavy atom. The zero-order valence-corrected chi connectivity index (χ0v) is 11.2. The molecule has 1 aliphatic rings. The Balaban J connectivity index is 2.21. The predicted molar refractivity (Wildman–Crippen MR) is 66.8 cm³/mol. The third-order valence-electron chi connectivity index (χ3n) is 3.08. The van der Waals surface area contributed by atoms with E-state index in [2.05, 4.69) is 29.1 Å². The Kier molecular flexibility index (Phi) is 5.80. The summed E-state index contributed by atoms with van der Waals surface area (Å²) in [5, 5.41) is 0. The largest absolute Gasteiger partial charge is 0.165 e. The molecule has 0 bridgehead atoms. The van der Waals surface area contributed by atoms with Crippen molar-refractivity contribution in [3.05, 3.63) is 0 Å². The summed E-state index contributed by atoms with van der Waals surface area (Å²) < 4.78 is 0. The third kappa shape index (κ3) is 4.24. The molecule has 0 aromatic carbocycles. The van der Waals surface area contributed by atoms with Gasteiger partial charge in [-0.3, -0.25) is 0 Å². The van der Waals surface area contributed by atoms with Gasteiger partial charge in [-0.15, -0.1) is 0 Å². The fourth-order valence-electron chi connectivity index (χ4n) is 2.25. The van der Waals surface area contributed by atoms with Gasteiger partial charge < -0.3 is 0 Å². The van der Waals surface area contributed by atoms with Crippen LogP contribution in [-0.2, 0) is 0 Å². The fourth-order valence-corrected chi connectivity index (χ4v) is 3.45. The molecule has 13 heavy (non-hydrogen) atoms. The zero-order valence-electron chi connectivity index (χ0n) is 8.76. The maximum absolute atomic E-state index is 3.83. The summed E-state index contributed by atoms with van der Waals surface area (Å²) in [6.45, 7) is 2.40. The van der Waals surface area contributed by atoms with Crippen molar-refractivity contribution in [1.82, 2.24) is 0 Å². The van der Waals surface area contributed by atoms with Crippen LogP contribution in [0.4, 0.5) is 0 Å². The van der Waals surface area contributed by atoms with Crippen LogP contribution in [0.1, 0.15) is 39.0 Å². The summed E-state index contributed by atoms with van der Waals surface area (Å²) >= 11 is 5.80. The first-order valence-corrected chi connectivity index (χ1v) is 7.68. The molecule has 0 amide bonds. The third-order valence-corrected chi connectivity index (χ3v) is 4.98. The number of hydrogen-bond acceptors (Lipinski definition) is 1. The second kappa shape index (κ2) is 6.34. The van der Waals surface area contributed by atoms with Crippen molar-refractivity contribution in [3.8, 4) is 0 Å². The second-order valence-electron chi connectivity index (χ2n) is 4.33. The van der Waals surface area contributed by atoms with Crippen LogP contribution in [0.2, 0.25) is 0 Å². The van der Waals surface area contributed by atoms with E-state index in [1.165, 1.54) is 37.9 Å². The highest BCUT2D eigenvalue weighted by atomic mass is 79.9. The summed E-state index contributed by atoms with van der Waals surface area (Å²) in [7, 11) is 0. The van der Waals surface area contributed by atoms with E-state index in [0.29, 0.717) is 0 Å². The van der Waals surface area contributed by atoms with Gasteiger partial charge in [0.1, 0.15) is 0 Å². The molecule has 0 N–H and O–H groups in total. The summed E-state index contributed by atoms with van der Waals surface area (Å²) in [6.07, 6.45) is 9.31. The van der Waals surface area contributed by atoms with Gasteiger partial charge in [-0.1, -0.05) is 22.9 Å². The standard InChI is InChI=1S/C11H21BrS/c1-9-5-6-11(12)10(8-9)4-3-7-13-2/h9-11H,3-8H2,1-2H3. The molecule has 2 heteroatoms. The second-order valence-corrected chi connectivity index (χ2v) is 6.49. The molecule has 0 spiro atoms. The summed E-state index contributed by atoms with van der Waals surface area (Å²) in [6, 6.07) is 0. The molecule has 3 unspecified atom stereocenters. The first kappa shape index (κ1) is 11.9. The number of rotatable bonds is 4. The molecule has 1 rings (SSSR count). The predicted octanol–water partition coefficient (Wildman–Crippen LogP) is 4.33. The van der Waals surface area contributed by atoms with Crippen LogP contribution in [0.5, 0.6) is 0 Å². The van der Waals surface area contributed by atoms with Gasteiger partial charge >= 0.3 is 0 Å². The molecule has 78 valence electrons. The minimum Gasteiger partial charge on any atom is -0.165 e. The molecule has 0 nitrogen and oxygen atoms in total. The molecule has 1 aliphatic carbocycles. The number of alkyl halides is 1. The molecule has 0 radical (unpaired) electrons. The average Bonchev–Trinajstić information content (AvgIpc) is 2.11. The summed E-state index contributed by atoms with van der Waals surface area (Å²) in [5.41, 5.74) is 0. The molecule has 0 saturated heterocycles. The van der Waals surface area contributed by atoms with E-state index in [-0.39, 0.29) is 0 Å². The highest BCUT2D eigenvalue weighted by Gasteiger charge is 2.25. The van der Waals surface area contributed by atoms with Crippen molar-refractivity contribution in [2.75, 3.05) is 12.0 Å². The van der Waals surface area contributed by atoms with Crippen molar-refractivity contribution in [1.29, 1.82) is 0 Å². The van der Waals surface area contributed by atoms with E-state index in [1.54, 1.807) is 0 Å². The minimum absolute atomic E-state index is 0.811. The van der Waals surface area contributed by atoms with E-state index >= 15 is 0 Å². The number of thioether (sulfide) groups is 1. The van der Waals surface area contributed by atoms with Crippen LogP contribution in [0.3, 0.4) is 0 Å². The lowest BCUT2D eigenvalue weighted by Gasteiger charge is -2.31. The molecule has 0 heterocycles. The quantitative estimate of drug-likeness (QED) is 0.538. The topological polar surface area (TPSA) is 0 Å². The van der Waals surface area contributed by atoms with E-state index in [1.807, 2.05) is 11.8 Å². The van der Waals surface area contributed by atoms with E-state index in [4.69, 9.17) is 0 Å². The Hall–Kier alpha value is 0.830. The van der Waals surface area contributed by atoms with Gasteiger partial charge in [0.2, 0.25) is 0 Å². The van der Waals surface area contributed by atoms with E-state index < -0.39 is 0 Å². The molecule has 1 saturated carbocycles. The highest BCUT2D eigenvalue weighted by molar-refractivity contribution is 9.09. The lowest BCUT2D eigenvalue weighted by atomic mass is 9.80. The van der Waals surface area contributed by atoms with E-state index in [0.717, 1.165) is 16.7 Å². The fraction of sp³-hybridized carbons (Fsp3) is 1.00. The summed E-state index contributed by atoms with van der Waals surface area (Å²) in [4.78, 5) is 0.811. The Morgan fingerprint density at radius 1 is 1.38 bits per heavy atom. The number of hydrogen-bond donors (Lipinski definition) is 0. The maximum Gasteiger partial charge on any atom is 0.0174 e. The lowest BCUT2D eigenvalue weighted by molar-refractivity contribution is 0.281. The normalized spacial score (nSPS) is 34.8. The summed E-state index contributed by atoms with van der Waals surface area (Å²) in [5.74, 6) is 3.26. The first-order valence-electron chi connectivity index (χ1n) is 5.37. The van der Waals surface area contributed by atoms with Crippen molar-refractivity contribution in [2.24, 2.45) is 11.8 Å². The van der Waals surface area contributed by atoms with Crippen LogP contribution in [0.25, 0.3) is 0 Å². The van der Waals surface area contributed by atoms with Gasteiger partial charge in [0.05, 0.1) is 0 Å². The zero-order chi connectivity index (χ0) is 9.68. The first-order chi connectivity index (χ1) is 6.24. The molecule has 1 fully saturated rings. The van der Waals surface area contributed by atoms with Crippen molar-refractivity contribution >= 4 is 27.7 Å². The van der Waals surface area contributed by atoms with Crippen molar-refractivity contribution in [2.45, 2.75) is 43.9 Å². The Morgan fingerprint density at radius 2 is 2.15 bits per heavy atom. The van der Waals surface area contributed by atoms with Crippen LogP contribution < -0.4 is 0 Å². The maximum atomic E-state index is 3.83. The molecule has 0 aromatic heterocycles. The van der Waals surface area contributed by atoms with Gasteiger partial charge in [0, 0.05) is 4.83 Å². The minimum atomic E-state index is 0.811. The Bertz CT molecular complexity index is 138. The lowest BCUT2D eigenvalue weighted by Crippen LogP contribution is -2.23. The average molecular weight is 265 g/mol. The molecule has 0 aromatic rings. The van der Waals surface area contributed by atoms with E-state index in [9.17, 15) is 0 Å². The van der Waals surface area contributed by atoms with Gasteiger partial charge in [0.15, 0.2) is 0 Å². The van der Waals surface area contributed by atoms with Gasteiger partial charge in [-0.05, 0) is 55.9 Å². The molecule has 3 atom stereocenters. The van der Waals surface area contributed by atoms with Crippen LogP contribution in [-0.4, -0.2) is 16.8 Å². The smallest absolute Gasteiger partial charge is 0.0174 e. The van der Waals surface area contributed by atoms with Crippen molar-refractivity contribution in [3.63, 3.8) is 0 Å². The Labute approximate surface area is 95.4 Å². The molecular formula is C11H21BrS. The monoisotopic (exact) mass is 264 g/mol. The highest BCUT2D eigenvalue weighted by Crippen LogP contribution is 2.36. The number of halogens is 1.